The highest BCUT2D eigenvalue weighted by Gasteiger charge is 2.20. The van der Waals surface area contributed by atoms with Crippen LogP contribution in [0.3, 0.4) is 0 Å². The molecule has 0 heterocycles. The van der Waals surface area contributed by atoms with Crippen LogP contribution in [0.15, 0.2) is 96.1 Å². The SMILES string of the molecule is COC(CNC(=O)N(N=Cc1ccccc1)c1cc(Cl)c(Cc2ccc(C(=O)c3ccc(Cl)cc3)cc2)c(Cl)c1)OC. The Morgan fingerprint density at radius 3 is 2.00 bits per heavy atom. The number of urea groups is 1. The van der Waals surface area contributed by atoms with Crippen molar-refractivity contribution in [2.45, 2.75) is 12.7 Å². The molecule has 0 aliphatic carbocycles. The quantitative estimate of drug-likeness (QED) is 0.0805. The molecule has 42 heavy (non-hydrogen) atoms. The Bertz CT molecular complexity index is 1520. The Morgan fingerprint density at radius 2 is 1.43 bits per heavy atom. The van der Waals surface area contributed by atoms with Gasteiger partial charge in [-0.2, -0.15) is 10.1 Å². The van der Waals surface area contributed by atoms with Crippen molar-refractivity contribution in [3.05, 3.63) is 134 Å². The molecule has 0 radical (unpaired) electrons. The standard InChI is InChI=1S/C32H28Cl3N3O4/c1-41-30(42-2)20-36-32(40)38(37-19-22-6-4-3-5-7-22)26-17-28(34)27(29(35)18-26)16-21-8-10-23(11-9-21)31(39)24-12-14-25(33)15-13-24/h3-15,17-19,30H,16,20H2,1-2H3,(H,36,40). The van der Waals surface area contributed by atoms with E-state index in [9.17, 15) is 9.59 Å². The molecule has 0 bridgehead atoms. The first-order valence-corrected chi connectivity index (χ1v) is 14.0. The number of nitrogens with one attached hydrogen (secondary N) is 1. The molecule has 2 amide bonds. The van der Waals surface area contributed by atoms with Crippen LogP contribution in [0, 0.1) is 0 Å². The fraction of sp³-hybridized carbons (Fsp3) is 0.156. The van der Waals surface area contributed by atoms with Crippen LogP contribution >= 0.6 is 34.8 Å². The van der Waals surface area contributed by atoms with Crippen molar-refractivity contribution in [3.63, 3.8) is 0 Å². The van der Waals surface area contributed by atoms with Crippen LogP contribution in [-0.4, -0.2) is 45.1 Å². The lowest BCUT2D eigenvalue weighted by molar-refractivity contribution is -0.0970. The first-order chi connectivity index (χ1) is 20.3. The number of rotatable bonds is 11. The molecule has 1 N–H and O–H groups in total. The van der Waals surface area contributed by atoms with E-state index >= 15 is 0 Å². The van der Waals surface area contributed by atoms with Gasteiger partial charge in [0.25, 0.3) is 0 Å². The van der Waals surface area contributed by atoms with Crippen LogP contribution in [0.5, 0.6) is 0 Å². The number of halogens is 3. The number of benzene rings is 4. The predicted octanol–water partition coefficient (Wildman–Crippen LogP) is 7.64. The largest absolute Gasteiger partial charge is 0.354 e. The summed E-state index contributed by atoms with van der Waals surface area (Å²) >= 11 is 19.3. The van der Waals surface area contributed by atoms with Crippen molar-refractivity contribution in [2.75, 3.05) is 25.8 Å². The van der Waals surface area contributed by atoms with Crippen LogP contribution < -0.4 is 10.3 Å². The van der Waals surface area contributed by atoms with E-state index in [1.807, 2.05) is 42.5 Å². The molecule has 216 valence electrons. The minimum atomic E-state index is -0.628. The maximum absolute atomic E-state index is 13.2. The Kier molecular flexibility index (Phi) is 11.1. The molecule has 0 saturated heterocycles. The Labute approximate surface area is 259 Å². The van der Waals surface area contributed by atoms with Crippen molar-refractivity contribution in [1.29, 1.82) is 0 Å². The molecule has 0 aliphatic heterocycles. The number of carbonyl (C=O) groups is 2. The minimum absolute atomic E-state index is 0.0965. The molecular formula is C32H28Cl3N3O4. The molecule has 10 heteroatoms. The Hall–Kier alpha value is -3.72. The van der Waals surface area contributed by atoms with Crippen molar-refractivity contribution >= 4 is 58.5 Å². The van der Waals surface area contributed by atoms with Crippen LogP contribution in [0.1, 0.15) is 32.6 Å². The zero-order chi connectivity index (χ0) is 30.1. The second-order valence-corrected chi connectivity index (χ2v) is 10.4. The van der Waals surface area contributed by atoms with Crippen LogP contribution in [0.4, 0.5) is 10.5 Å². The molecular weight excluding hydrogens is 597 g/mol. The van der Waals surface area contributed by atoms with Gasteiger partial charge in [-0.3, -0.25) is 4.79 Å². The van der Waals surface area contributed by atoms with E-state index in [1.165, 1.54) is 19.2 Å². The number of anilines is 1. The summed E-state index contributed by atoms with van der Waals surface area (Å²) in [5, 5.41) is 9.61. The molecule has 4 rings (SSSR count). The maximum Gasteiger partial charge on any atom is 0.342 e. The lowest BCUT2D eigenvalue weighted by Gasteiger charge is -2.21. The normalized spacial score (nSPS) is 11.2. The zero-order valence-electron chi connectivity index (χ0n) is 22.9. The van der Waals surface area contributed by atoms with Crippen LogP contribution in [0.25, 0.3) is 0 Å². The summed E-state index contributed by atoms with van der Waals surface area (Å²) in [4.78, 5) is 26.0. The van der Waals surface area contributed by atoms with Crippen LogP contribution in [-0.2, 0) is 15.9 Å². The number of hydrogen-bond donors (Lipinski definition) is 1. The van der Waals surface area contributed by atoms with Crippen molar-refractivity contribution in [3.8, 4) is 0 Å². The minimum Gasteiger partial charge on any atom is -0.354 e. The zero-order valence-corrected chi connectivity index (χ0v) is 25.2. The third kappa shape index (κ3) is 8.18. The summed E-state index contributed by atoms with van der Waals surface area (Å²) in [7, 11) is 2.96. The second-order valence-electron chi connectivity index (χ2n) is 9.15. The average Bonchev–Trinajstić information content (AvgIpc) is 3.00. The van der Waals surface area contributed by atoms with Crippen molar-refractivity contribution in [1.82, 2.24) is 5.32 Å². The van der Waals surface area contributed by atoms with Gasteiger partial charge in [0.2, 0.25) is 0 Å². The Morgan fingerprint density at radius 1 is 0.857 bits per heavy atom. The van der Waals surface area contributed by atoms with Gasteiger partial charge in [-0.25, -0.2) is 4.79 Å². The van der Waals surface area contributed by atoms with E-state index in [2.05, 4.69) is 10.4 Å². The molecule has 4 aromatic carbocycles. The summed E-state index contributed by atoms with van der Waals surface area (Å²) in [6, 6.07) is 26.1. The van der Waals surface area contributed by atoms with E-state index in [1.54, 1.807) is 54.7 Å². The lowest BCUT2D eigenvalue weighted by Crippen LogP contribution is -2.41. The fourth-order valence-electron chi connectivity index (χ4n) is 4.04. The summed E-state index contributed by atoms with van der Waals surface area (Å²) < 4.78 is 10.3. The highest BCUT2D eigenvalue weighted by atomic mass is 35.5. The van der Waals surface area contributed by atoms with E-state index in [-0.39, 0.29) is 12.3 Å². The van der Waals surface area contributed by atoms with Crippen molar-refractivity contribution in [2.24, 2.45) is 5.10 Å². The number of hydrazone groups is 1. The summed E-state index contributed by atoms with van der Waals surface area (Å²) in [6.07, 6.45) is 1.35. The highest BCUT2D eigenvalue weighted by molar-refractivity contribution is 6.36. The first-order valence-electron chi connectivity index (χ1n) is 12.9. The van der Waals surface area contributed by atoms with E-state index in [4.69, 9.17) is 44.3 Å². The molecule has 0 spiro atoms. The molecule has 0 fully saturated rings. The molecule has 0 saturated carbocycles. The maximum atomic E-state index is 13.2. The smallest absolute Gasteiger partial charge is 0.342 e. The summed E-state index contributed by atoms with van der Waals surface area (Å²) in [6.45, 7) is 0.0965. The predicted molar refractivity (Wildman–Crippen MR) is 168 cm³/mol. The van der Waals surface area contributed by atoms with Crippen LogP contribution in [0.2, 0.25) is 15.1 Å². The lowest BCUT2D eigenvalue weighted by atomic mass is 9.99. The number of nitrogens with zero attached hydrogens (tertiary/aromatic N) is 2. The summed E-state index contributed by atoms with van der Waals surface area (Å²) in [5.74, 6) is -0.102. The number of carbonyl (C=O) groups excluding carboxylic acids is 2. The fourth-order valence-corrected chi connectivity index (χ4v) is 4.77. The van der Waals surface area contributed by atoms with Gasteiger partial charge in [-0.05, 0) is 53.1 Å². The average molecular weight is 625 g/mol. The highest BCUT2D eigenvalue weighted by Crippen LogP contribution is 2.33. The Balaban J connectivity index is 1.55. The molecule has 0 aliphatic rings. The van der Waals surface area contributed by atoms with E-state index in [0.29, 0.717) is 43.9 Å². The third-order valence-electron chi connectivity index (χ3n) is 6.33. The van der Waals surface area contributed by atoms with Gasteiger partial charge in [-0.1, -0.05) is 89.4 Å². The van der Waals surface area contributed by atoms with Gasteiger partial charge >= 0.3 is 6.03 Å². The third-order valence-corrected chi connectivity index (χ3v) is 7.26. The number of ether oxygens (including phenoxy) is 2. The second kappa shape index (κ2) is 15.0. The summed E-state index contributed by atoms with van der Waals surface area (Å²) in [5.41, 5.74) is 3.85. The number of amides is 2. The van der Waals surface area contributed by atoms with Crippen molar-refractivity contribution < 1.29 is 19.1 Å². The molecule has 4 aromatic rings. The molecule has 0 atom stereocenters. The first kappa shape index (κ1) is 31.2. The number of methoxy groups -OCH3 is 2. The van der Waals surface area contributed by atoms with E-state index < -0.39 is 12.3 Å². The van der Waals surface area contributed by atoms with Gasteiger partial charge in [0, 0.05) is 46.8 Å². The molecule has 0 aromatic heterocycles. The van der Waals surface area contributed by atoms with Gasteiger partial charge in [0.05, 0.1) is 18.4 Å². The molecule has 7 nitrogen and oxygen atoms in total. The van der Waals surface area contributed by atoms with Gasteiger partial charge in [0.1, 0.15) is 0 Å². The van der Waals surface area contributed by atoms with Gasteiger partial charge in [-0.15, -0.1) is 0 Å². The molecule has 0 unspecified atom stereocenters. The van der Waals surface area contributed by atoms with E-state index in [0.717, 1.165) is 11.1 Å². The number of ketones is 1. The van der Waals surface area contributed by atoms with Gasteiger partial charge < -0.3 is 14.8 Å². The monoisotopic (exact) mass is 623 g/mol. The topological polar surface area (TPSA) is 80.2 Å². The van der Waals surface area contributed by atoms with Gasteiger partial charge in [0.15, 0.2) is 12.1 Å². The number of hydrogen-bond acceptors (Lipinski definition) is 5.